The number of nitrogens with zero attached hydrogens (tertiary/aromatic N) is 3. The highest BCUT2D eigenvalue weighted by atomic mass is 32.2. The molecule has 0 unspecified atom stereocenters. The lowest BCUT2D eigenvalue weighted by molar-refractivity contribution is 0.683. The number of nitrogens with one attached hydrogen (secondary N) is 1. The zero-order valence-corrected chi connectivity index (χ0v) is 11.1. The molecule has 2 aromatic heterocycles. The average molecular weight is 248 g/mol. The summed E-state index contributed by atoms with van der Waals surface area (Å²) in [5.41, 5.74) is 2.31. The van der Waals surface area contributed by atoms with E-state index in [-0.39, 0.29) is 0 Å². The molecule has 0 aliphatic carbocycles. The van der Waals surface area contributed by atoms with Crippen molar-refractivity contribution in [3.8, 4) is 0 Å². The molecule has 0 fully saturated rings. The summed E-state index contributed by atoms with van der Waals surface area (Å²) in [6.45, 7) is 2.87. The van der Waals surface area contributed by atoms with E-state index in [0.717, 1.165) is 22.3 Å². The maximum atomic E-state index is 4.45. The number of hydrogen-bond acceptors (Lipinski definition) is 4. The first-order valence-corrected chi connectivity index (χ1v) is 6.30. The van der Waals surface area contributed by atoms with Crippen molar-refractivity contribution in [2.45, 2.75) is 23.5 Å². The lowest BCUT2D eigenvalue weighted by atomic mass is 10.3. The van der Waals surface area contributed by atoms with Gasteiger partial charge in [0.25, 0.3) is 0 Å². The molecule has 0 saturated carbocycles. The van der Waals surface area contributed by atoms with E-state index >= 15 is 0 Å². The Hall–Kier alpha value is -1.33. The van der Waals surface area contributed by atoms with Gasteiger partial charge in [-0.15, -0.1) is 0 Å². The minimum absolute atomic E-state index is 0.828. The standard InChI is InChI=1S/C12H16N4S/c1-9-10(8-13-2)12(16(3)15-9)17-11-6-4-5-7-14-11/h4-7,13H,8H2,1-3H3. The molecule has 0 aliphatic rings. The second kappa shape index (κ2) is 5.33. The Morgan fingerprint density at radius 2 is 2.24 bits per heavy atom. The SMILES string of the molecule is CNCc1c(C)nn(C)c1Sc1ccccn1. The molecular weight excluding hydrogens is 232 g/mol. The summed E-state index contributed by atoms with van der Waals surface area (Å²) in [4.78, 5) is 4.33. The van der Waals surface area contributed by atoms with Crippen LogP contribution < -0.4 is 5.32 Å². The van der Waals surface area contributed by atoms with E-state index in [9.17, 15) is 0 Å². The van der Waals surface area contributed by atoms with Gasteiger partial charge in [-0.25, -0.2) is 4.98 Å². The second-order valence-electron chi connectivity index (χ2n) is 3.79. The van der Waals surface area contributed by atoms with Gasteiger partial charge in [0, 0.05) is 25.4 Å². The molecular formula is C12H16N4S. The van der Waals surface area contributed by atoms with E-state index < -0.39 is 0 Å². The summed E-state index contributed by atoms with van der Waals surface area (Å²) < 4.78 is 1.92. The van der Waals surface area contributed by atoms with Crippen LogP contribution in [0, 0.1) is 6.92 Å². The molecule has 0 atom stereocenters. The lowest BCUT2D eigenvalue weighted by Crippen LogP contribution is -2.06. The quantitative estimate of drug-likeness (QED) is 0.898. The average Bonchev–Trinajstić information content (AvgIpc) is 2.58. The van der Waals surface area contributed by atoms with Crippen LogP contribution in [0.3, 0.4) is 0 Å². The van der Waals surface area contributed by atoms with Crippen LogP contribution in [0.2, 0.25) is 0 Å². The topological polar surface area (TPSA) is 42.7 Å². The molecule has 0 radical (unpaired) electrons. The van der Waals surface area contributed by atoms with Gasteiger partial charge in [0.1, 0.15) is 10.1 Å². The van der Waals surface area contributed by atoms with Gasteiger partial charge >= 0.3 is 0 Å². The van der Waals surface area contributed by atoms with Gasteiger partial charge in [0.15, 0.2) is 0 Å². The van der Waals surface area contributed by atoms with Crippen LogP contribution in [-0.4, -0.2) is 21.8 Å². The van der Waals surface area contributed by atoms with Crippen molar-refractivity contribution in [2.24, 2.45) is 7.05 Å². The van der Waals surface area contributed by atoms with Gasteiger partial charge in [-0.05, 0) is 26.1 Å². The highest BCUT2D eigenvalue weighted by Gasteiger charge is 2.13. The predicted octanol–water partition coefficient (Wildman–Crippen LogP) is 1.99. The Balaban J connectivity index is 2.31. The molecule has 0 aliphatic heterocycles. The summed E-state index contributed by atoms with van der Waals surface area (Å²) in [6, 6.07) is 5.93. The number of aromatic nitrogens is 3. The smallest absolute Gasteiger partial charge is 0.105 e. The number of hydrogen-bond donors (Lipinski definition) is 1. The molecule has 17 heavy (non-hydrogen) atoms. The van der Waals surface area contributed by atoms with Crippen molar-refractivity contribution in [3.63, 3.8) is 0 Å². The molecule has 0 saturated heterocycles. The van der Waals surface area contributed by atoms with Crippen molar-refractivity contribution < 1.29 is 0 Å². The molecule has 0 spiro atoms. The van der Waals surface area contributed by atoms with Crippen molar-refractivity contribution in [2.75, 3.05) is 7.05 Å². The van der Waals surface area contributed by atoms with E-state index in [1.54, 1.807) is 11.8 Å². The fourth-order valence-corrected chi connectivity index (χ4v) is 2.67. The van der Waals surface area contributed by atoms with Crippen LogP contribution in [0.25, 0.3) is 0 Å². The Morgan fingerprint density at radius 3 is 2.88 bits per heavy atom. The third-order valence-electron chi connectivity index (χ3n) is 2.48. The van der Waals surface area contributed by atoms with Crippen LogP contribution in [0.4, 0.5) is 0 Å². The highest BCUT2D eigenvalue weighted by Crippen LogP contribution is 2.30. The minimum atomic E-state index is 0.828. The van der Waals surface area contributed by atoms with Crippen LogP contribution in [-0.2, 0) is 13.6 Å². The van der Waals surface area contributed by atoms with Crippen molar-refractivity contribution in [3.05, 3.63) is 35.7 Å². The molecule has 2 rings (SSSR count). The maximum Gasteiger partial charge on any atom is 0.105 e. The molecule has 0 amide bonds. The van der Waals surface area contributed by atoms with E-state index in [2.05, 4.69) is 15.4 Å². The van der Waals surface area contributed by atoms with Crippen LogP contribution in [0.1, 0.15) is 11.3 Å². The van der Waals surface area contributed by atoms with Gasteiger partial charge in [0.2, 0.25) is 0 Å². The van der Waals surface area contributed by atoms with Crippen molar-refractivity contribution in [1.29, 1.82) is 0 Å². The zero-order chi connectivity index (χ0) is 12.3. The minimum Gasteiger partial charge on any atom is -0.316 e. The molecule has 0 bridgehead atoms. The van der Waals surface area contributed by atoms with Crippen LogP contribution in [0.15, 0.2) is 34.4 Å². The van der Waals surface area contributed by atoms with E-state index in [4.69, 9.17) is 0 Å². The molecule has 1 N–H and O–H groups in total. The maximum absolute atomic E-state index is 4.45. The summed E-state index contributed by atoms with van der Waals surface area (Å²) >= 11 is 1.65. The molecule has 0 aromatic carbocycles. The monoisotopic (exact) mass is 248 g/mol. The summed E-state index contributed by atoms with van der Waals surface area (Å²) in [5, 5.41) is 9.77. The van der Waals surface area contributed by atoms with E-state index in [1.807, 2.05) is 50.1 Å². The van der Waals surface area contributed by atoms with Gasteiger partial charge in [-0.2, -0.15) is 5.10 Å². The number of aryl methyl sites for hydroxylation is 2. The molecule has 2 heterocycles. The molecule has 2 aromatic rings. The highest BCUT2D eigenvalue weighted by molar-refractivity contribution is 7.99. The van der Waals surface area contributed by atoms with Crippen molar-refractivity contribution >= 4 is 11.8 Å². The van der Waals surface area contributed by atoms with Gasteiger partial charge in [0.05, 0.1) is 5.69 Å². The summed E-state index contributed by atoms with van der Waals surface area (Å²) in [5.74, 6) is 0. The van der Waals surface area contributed by atoms with Gasteiger partial charge in [-0.1, -0.05) is 17.8 Å². The van der Waals surface area contributed by atoms with Crippen LogP contribution in [0.5, 0.6) is 0 Å². The summed E-state index contributed by atoms with van der Waals surface area (Å²) in [7, 11) is 3.92. The molecule has 5 heteroatoms. The fraction of sp³-hybridized carbons (Fsp3) is 0.333. The van der Waals surface area contributed by atoms with Gasteiger partial charge < -0.3 is 5.32 Å². The molecule has 4 nitrogen and oxygen atoms in total. The zero-order valence-electron chi connectivity index (χ0n) is 10.3. The first-order valence-electron chi connectivity index (χ1n) is 5.48. The van der Waals surface area contributed by atoms with E-state index in [0.29, 0.717) is 0 Å². The van der Waals surface area contributed by atoms with Crippen LogP contribution >= 0.6 is 11.8 Å². The fourth-order valence-electron chi connectivity index (χ4n) is 1.70. The van der Waals surface area contributed by atoms with E-state index in [1.165, 1.54) is 5.56 Å². The number of rotatable bonds is 4. The number of pyridine rings is 1. The Morgan fingerprint density at radius 1 is 1.41 bits per heavy atom. The Kier molecular flexibility index (Phi) is 3.81. The largest absolute Gasteiger partial charge is 0.316 e. The van der Waals surface area contributed by atoms with Gasteiger partial charge in [-0.3, -0.25) is 4.68 Å². The summed E-state index contributed by atoms with van der Waals surface area (Å²) in [6.07, 6.45) is 1.81. The molecule has 90 valence electrons. The van der Waals surface area contributed by atoms with Crippen molar-refractivity contribution in [1.82, 2.24) is 20.1 Å². The Labute approximate surface area is 105 Å². The third-order valence-corrected chi connectivity index (χ3v) is 3.64. The third kappa shape index (κ3) is 2.68. The first kappa shape index (κ1) is 12.1. The predicted molar refractivity (Wildman–Crippen MR) is 69.1 cm³/mol. The normalized spacial score (nSPS) is 10.8. The second-order valence-corrected chi connectivity index (χ2v) is 4.80. The lowest BCUT2D eigenvalue weighted by Gasteiger charge is -2.05. The Bertz CT molecular complexity index is 493. The first-order chi connectivity index (χ1) is 8.22.